The zero-order valence-electron chi connectivity index (χ0n) is 14.0. The van der Waals surface area contributed by atoms with Crippen molar-refractivity contribution in [3.05, 3.63) is 96.2 Å². The highest BCUT2D eigenvalue weighted by Crippen LogP contribution is 2.19. The summed E-state index contributed by atoms with van der Waals surface area (Å²) in [6, 6.07) is 25.5. The molecule has 1 heterocycles. The highest BCUT2D eigenvalue weighted by Gasteiger charge is 2.05. The maximum atomic E-state index is 12.3. The van der Waals surface area contributed by atoms with Crippen LogP contribution in [0.5, 0.6) is 0 Å². The molecule has 2 N–H and O–H groups in total. The summed E-state index contributed by atoms with van der Waals surface area (Å²) >= 11 is 0. The van der Waals surface area contributed by atoms with Crippen molar-refractivity contribution in [1.29, 1.82) is 0 Å². The lowest BCUT2D eigenvalue weighted by molar-refractivity contribution is 0.0955. The molecular formula is C22H17N3O. The molecule has 0 bridgehead atoms. The Morgan fingerprint density at radius 1 is 0.846 bits per heavy atom. The summed E-state index contributed by atoms with van der Waals surface area (Å²) in [4.78, 5) is 15.4. The van der Waals surface area contributed by atoms with Gasteiger partial charge in [0, 0.05) is 28.2 Å². The van der Waals surface area contributed by atoms with E-state index in [2.05, 4.69) is 15.5 Å². The number of aromatic amines is 1. The Morgan fingerprint density at radius 3 is 2.35 bits per heavy atom. The van der Waals surface area contributed by atoms with Gasteiger partial charge in [-0.25, -0.2) is 5.43 Å². The molecule has 0 aliphatic carbocycles. The number of hydrogen-bond acceptors (Lipinski definition) is 2. The van der Waals surface area contributed by atoms with E-state index in [0.29, 0.717) is 5.56 Å². The van der Waals surface area contributed by atoms with Crippen molar-refractivity contribution >= 4 is 23.0 Å². The number of fused-ring (bicyclic) bond motifs is 1. The van der Waals surface area contributed by atoms with Crippen LogP contribution in [0.15, 0.2) is 90.2 Å². The topological polar surface area (TPSA) is 57.2 Å². The molecule has 4 nitrogen and oxygen atoms in total. The van der Waals surface area contributed by atoms with Gasteiger partial charge in [-0.3, -0.25) is 4.79 Å². The van der Waals surface area contributed by atoms with Gasteiger partial charge in [-0.2, -0.15) is 5.10 Å². The number of aromatic nitrogens is 1. The van der Waals surface area contributed by atoms with Crippen molar-refractivity contribution in [2.45, 2.75) is 0 Å². The summed E-state index contributed by atoms with van der Waals surface area (Å²) < 4.78 is 0. The van der Waals surface area contributed by atoms with Crippen molar-refractivity contribution in [1.82, 2.24) is 10.4 Å². The SMILES string of the molecule is O=C(N/N=C/c1c[nH]c2ccccc12)c1ccc(-c2ccccc2)cc1. The molecule has 4 aromatic rings. The van der Waals surface area contributed by atoms with Gasteiger partial charge in [-0.05, 0) is 29.3 Å². The van der Waals surface area contributed by atoms with Gasteiger partial charge in [-0.1, -0.05) is 60.7 Å². The smallest absolute Gasteiger partial charge is 0.271 e. The molecule has 0 atom stereocenters. The summed E-state index contributed by atoms with van der Waals surface area (Å²) in [5, 5.41) is 5.14. The van der Waals surface area contributed by atoms with Crippen LogP contribution in [0.3, 0.4) is 0 Å². The summed E-state index contributed by atoms with van der Waals surface area (Å²) in [5.41, 5.74) is 7.31. The first kappa shape index (κ1) is 15.8. The van der Waals surface area contributed by atoms with Gasteiger partial charge in [0.15, 0.2) is 0 Å². The monoisotopic (exact) mass is 339 g/mol. The maximum Gasteiger partial charge on any atom is 0.271 e. The second kappa shape index (κ2) is 7.07. The third-order valence-electron chi connectivity index (χ3n) is 4.25. The van der Waals surface area contributed by atoms with E-state index in [9.17, 15) is 4.79 Å². The van der Waals surface area contributed by atoms with Crippen LogP contribution < -0.4 is 5.43 Å². The van der Waals surface area contributed by atoms with Crippen molar-refractivity contribution in [3.63, 3.8) is 0 Å². The summed E-state index contributed by atoms with van der Waals surface area (Å²) in [6.45, 7) is 0. The van der Waals surface area contributed by atoms with Crippen LogP contribution >= 0.6 is 0 Å². The predicted molar refractivity (Wildman–Crippen MR) is 105 cm³/mol. The first-order valence-electron chi connectivity index (χ1n) is 8.36. The van der Waals surface area contributed by atoms with Crippen LogP contribution in [0.2, 0.25) is 0 Å². The molecule has 0 aliphatic rings. The molecule has 126 valence electrons. The van der Waals surface area contributed by atoms with E-state index in [1.165, 1.54) is 0 Å². The number of benzene rings is 3. The second-order valence-electron chi connectivity index (χ2n) is 5.93. The number of carbonyl (C=O) groups excluding carboxylic acids is 1. The van der Waals surface area contributed by atoms with E-state index in [1.54, 1.807) is 18.3 Å². The molecule has 0 saturated carbocycles. The molecule has 0 spiro atoms. The fourth-order valence-corrected chi connectivity index (χ4v) is 2.87. The molecule has 3 aromatic carbocycles. The molecule has 0 aliphatic heterocycles. The Bertz CT molecular complexity index is 1060. The van der Waals surface area contributed by atoms with E-state index in [0.717, 1.165) is 27.6 Å². The van der Waals surface area contributed by atoms with Crippen molar-refractivity contribution in [2.75, 3.05) is 0 Å². The fraction of sp³-hybridized carbons (Fsp3) is 0. The van der Waals surface area contributed by atoms with E-state index in [1.807, 2.05) is 72.9 Å². The third-order valence-corrected chi connectivity index (χ3v) is 4.25. The Labute approximate surface area is 151 Å². The summed E-state index contributed by atoms with van der Waals surface area (Å²) in [6.07, 6.45) is 3.52. The molecule has 26 heavy (non-hydrogen) atoms. The number of hydrogen-bond donors (Lipinski definition) is 2. The minimum atomic E-state index is -0.235. The number of para-hydroxylation sites is 1. The third kappa shape index (κ3) is 3.26. The van der Waals surface area contributed by atoms with Gasteiger partial charge in [0.25, 0.3) is 5.91 Å². The number of rotatable bonds is 4. The van der Waals surface area contributed by atoms with Crippen molar-refractivity contribution in [2.24, 2.45) is 5.10 Å². The quantitative estimate of drug-likeness (QED) is 0.414. The standard InChI is InChI=1S/C22H17N3O/c26-22(18-12-10-17(11-13-18)16-6-2-1-3-7-16)25-24-15-19-14-23-21-9-5-4-8-20(19)21/h1-15,23H,(H,25,26)/b24-15+. The molecule has 4 heteroatoms. The maximum absolute atomic E-state index is 12.3. The molecule has 1 amide bonds. The van der Waals surface area contributed by atoms with Crippen molar-refractivity contribution < 1.29 is 4.79 Å². The summed E-state index contributed by atoms with van der Waals surface area (Å²) in [7, 11) is 0. The molecule has 4 rings (SSSR count). The Hall–Kier alpha value is -3.66. The Morgan fingerprint density at radius 2 is 1.54 bits per heavy atom. The number of hydrazone groups is 1. The van der Waals surface area contributed by atoms with Gasteiger partial charge in [0.05, 0.1) is 6.21 Å². The van der Waals surface area contributed by atoms with Crippen LogP contribution in [0.4, 0.5) is 0 Å². The molecular weight excluding hydrogens is 322 g/mol. The lowest BCUT2D eigenvalue weighted by Gasteiger charge is -2.03. The number of H-pyrrole nitrogens is 1. The Balaban J connectivity index is 1.45. The van der Waals surface area contributed by atoms with Gasteiger partial charge < -0.3 is 4.98 Å². The van der Waals surface area contributed by atoms with E-state index < -0.39 is 0 Å². The van der Waals surface area contributed by atoms with Crippen LogP contribution in [0.25, 0.3) is 22.0 Å². The van der Waals surface area contributed by atoms with Gasteiger partial charge in [-0.15, -0.1) is 0 Å². The Kier molecular flexibility index (Phi) is 4.31. The van der Waals surface area contributed by atoms with Crippen molar-refractivity contribution in [3.8, 4) is 11.1 Å². The van der Waals surface area contributed by atoms with Crippen LogP contribution in [0, 0.1) is 0 Å². The largest absolute Gasteiger partial charge is 0.361 e. The molecule has 0 radical (unpaired) electrons. The molecule has 0 saturated heterocycles. The van der Waals surface area contributed by atoms with E-state index in [-0.39, 0.29) is 5.91 Å². The van der Waals surface area contributed by atoms with E-state index >= 15 is 0 Å². The predicted octanol–water partition coefficient (Wildman–Crippen LogP) is 4.60. The summed E-state index contributed by atoms with van der Waals surface area (Å²) in [5.74, 6) is -0.235. The van der Waals surface area contributed by atoms with Gasteiger partial charge >= 0.3 is 0 Å². The average Bonchev–Trinajstić information content (AvgIpc) is 3.12. The second-order valence-corrected chi connectivity index (χ2v) is 5.93. The zero-order valence-corrected chi connectivity index (χ0v) is 14.0. The normalized spacial score (nSPS) is 11.1. The lowest BCUT2D eigenvalue weighted by Crippen LogP contribution is -2.17. The van der Waals surface area contributed by atoms with Gasteiger partial charge in [0.1, 0.15) is 0 Å². The number of nitrogens with one attached hydrogen (secondary N) is 2. The first-order chi connectivity index (χ1) is 12.8. The minimum Gasteiger partial charge on any atom is -0.361 e. The lowest BCUT2D eigenvalue weighted by atomic mass is 10.0. The number of carbonyl (C=O) groups is 1. The van der Waals surface area contributed by atoms with Crippen LogP contribution in [0.1, 0.15) is 15.9 Å². The molecule has 1 aromatic heterocycles. The van der Waals surface area contributed by atoms with Gasteiger partial charge in [0.2, 0.25) is 0 Å². The highest BCUT2D eigenvalue weighted by molar-refractivity contribution is 6.00. The minimum absolute atomic E-state index is 0.235. The number of amides is 1. The molecule has 0 unspecified atom stereocenters. The zero-order chi connectivity index (χ0) is 17.8. The fourth-order valence-electron chi connectivity index (χ4n) is 2.87. The van der Waals surface area contributed by atoms with Crippen LogP contribution in [-0.2, 0) is 0 Å². The molecule has 0 fully saturated rings. The number of nitrogens with zero attached hydrogens (tertiary/aromatic N) is 1. The average molecular weight is 339 g/mol. The van der Waals surface area contributed by atoms with E-state index in [4.69, 9.17) is 0 Å². The van der Waals surface area contributed by atoms with Crippen LogP contribution in [-0.4, -0.2) is 17.1 Å². The highest BCUT2D eigenvalue weighted by atomic mass is 16.2. The first-order valence-corrected chi connectivity index (χ1v) is 8.36.